The summed E-state index contributed by atoms with van der Waals surface area (Å²) in [5, 5.41) is 3.25. The molecule has 31 heavy (non-hydrogen) atoms. The van der Waals surface area contributed by atoms with Crippen molar-refractivity contribution >= 4 is 45.9 Å². The molecule has 1 aromatic heterocycles. The molecule has 0 atom stereocenters. The van der Waals surface area contributed by atoms with Gasteiger partial charge in [-0.25, -0.2) is 4.98 Å². The molecule has 0 saturated heterocycles. The zero-order chi connectivity index (χ0) is 22.2. The van der Waals surface area contributed by atoms with E-state index in [1.54, 1.807) is 13.3 Å². The Hall–Kier alpha value is -3.04. The second-order valence-corrected chi connectivity index (χ2v) is 8.36. The summed E-state index contributed by atoms with van der Waals surface area (Å²) in [6.07, 6.45) is 1.80. The molecule has 0 unspecified atom stereocenters. The van der Waals surface area contributed by atoms with Gasteiger partial charge in [-0.05, 0) is 36.8 Å². The highest BCUT2D eigenvalue weighted by Crippen LogP contribution is 2.34. The molecule has 7 nitrogen and oxygen atoms in total. The van der Waals surface area contributed by atoms with Crippen molar-refractivity contribution < 1.29 is 14.3 Å². The lowest BCUT2D eigenvalue weighted by Gasteiger charge is -2.22. The highest BCUT2D eigenvalue weighted by Gasteiger charge is 2.20. The van der Waals surface area contributed by atoms with Gasteiger partial charge < -0.3 is 15.0 Å². The molecule has 0 aliphatic carbocycles. The Morgan fingerprint density at radius 2 is 1.84 bits per heavy atom. The molecule has 3 aromatic rings. The van der Waals surface area contributed by atoms with E-state index in [1.165, 1.54) is 23.3 Å². The number of aromatic nitrogens is 1. The Labute approximate surface area is 190 Å². The minimum Gasteiger partial charge on any atom is -0.484 e. The van der Waals surface area contributed by atoms with Crippen LogP contribution < -0.4 is 19.7 Å². The van der Waals surface area contributed by atoms with Crippen LogP contribution in [0.3, 0.4) is 0 Å². The van der Waals surface area contributed by atoms with Crippen LogP contribution in [0.4, 0.5) is 10.8 Å². The SMILES string of the molecule is CNC(=O)COc1ccc(N(Cc2ccccc2)c2nc(C(=O)NSC)c(C)s2)cc1. The molecular formula is C22H24N4O3S2. The van der Waals surface area contributed by atoms with E-state index in [1.807, 2.05) is 49.4 Å². The Morgan fingerprint density at radius 1 is 1.13 bits per heavy atom. The van der Waals surface area contributed by atoms with Gasteiger partial charge in [0.15, 0.2) is 11.7 Å². The molecular weight excluding hydrogens is 432 g/mol. The molecule has 0 bridgehead atoms. The standard InChI is InChI=1S/C22H24N4O3S2/c1-15-20(21(28)25-30-3)24-22(31-15)26(13-16-7-5-4-6-8-16)17-9-11-18(12-10-17)29-14-19(27)23-2/h4-12H,13-14H2,1-3H3,(H,23,27)(H,25,28). The van der Waals surface area contributed by atoms with E-state index < -0.39 is 0 Å². The predicted octanol–water partition coefficient (Wildman–Crippen LogP) is 3.92. The van der Waals surface area contributed by atoms with Crippen molar-refractivity contribution in [1.29, 1.82) is 0 Å². The predicted molar refractivity (Wildman–Crippen MR) is 126 cm³/mol. The second kappa shape index (κ2) is 10.8. The Morgan fingerprint density at radius 3 is 2.48 bits per heavy atom. The fourth-order valence-corrected chi connectivity index (χ4v) is 4.04. The van der Waals surface area contributed by atoms with Crippen LogP contribution in [0.2, 0.25) is 0 Å². The molecule has 0 aliphatic rings. The first kappa shape index (κ1) is 22.6. The number of rotatable bonds is 9. The van der Waals surface area contributed by atoms with Crippen molar-refractivity contribution in [3.8, 4) is 5.75 Å². The quantitative estimate of drug-likeness (QED) is 0.475. The van der Waals surface area contributed by atoms with Gasteiger partial charge in [-0.3, -0.25) is 14.3 Å². The maximum Gasteiger partial charge on any atom is 0.280 e. The first-order valence-electron chi connectivity index (χ1n) is 9.57. The molecule has 2 N–H and O–H groups in total. The van der Waals surface area contributed by atoms with Gasteiger partial charge in [-0.1, -0.05) is 42.3 Å². The van der Waals surface area contributed by atoms with Gasteiger partial charge in [0.25, 0.3) is 11.8 Å². The minimum absolute atomic E-state index is 0.0385. The largest absolute Gasteiger partial charge is 0.484 e. The number of thiazole rings is 1. The summed E-state index contributed by atoms with van der Waals surface area (Å²) in [7, 11) is 1.57. The highest BCUT2D eigenvalue weighted by molar-refractivity contribution is 7.97. The Kier molecular flexibility index (Phi) is 7.91. The van der Waals surface area contributed by atoms with Crippen LogP contribution in [0.1, 0.15) is 20.9 Å². The summed E-state index contributed by atoms with van der Waals surface area (Å²) < 4.78 is 8.23. The third kappa shape index (κ3) is 5.99. The van der Waals surface area contributed by atoms with E-state index in [-0.39, 0.29) is 18.4 Å². The molecule has 1 heterocycles. The first-order chi connectivity index (χ1) is 15.0. The number of carbonyl (C=O) groups is 2. The van der Waals surface area contributed by atoms with Crippen molar-refractivity contribution in [2.45, 2.75) is 13.5 Å². The van der Waals surface area contributed by atoms with Gasteiger partial charge in [-0.15, -0.1) is 11.3 Å². The zero-order valence-electron chi connectivity index (χ0n) is 17.5. The van der Waals surface area contributed by atoms with Crippen molar-refractivity contribution in [1.82, 2.24) is 15.0 Å². The average Bonchev–Trinajstić information content (AvgIpc) is 3.18. The summed E-state index contributed by atoms with van der Waals surface area (Å²) >= 11 is 2.72. The van der Waals surface area contributed by atoms with Crippen LogP contribution in [0.15, 0.2) is 54.6 Å². The number of likely N-dealkylation sites (N-methyl/N-ethyl adjacent to an activating group) is 1. The van der Waals surface area contributed by atoms with Gasteiger partial charge in [0, 0.05) is 23.9 Å². The lowest BCUT2D eigenvalue weighted by atomic mass is 10.2. The number of anilines is 2. The number of hydrogen-bond acceptors (Lipinski definition) is 7. The third-order valence-corrected chi connectivity index (χ3v) is 5.79. The van der Waals surface area contributed by atoms with E-state index in [0.717, 1.165) is 21.3 Å². The molecule has 0 spiro atoms. The lowest BCUT2D eigenvalue weighted by molar-refractivity contribution is -0.122. The number of carbonyl (C=O) groups excluding carboxylic acids is 2. The van der Waals surface area contributed by atoms with E-state index in [9.17, 15) is 9.59 Å². The minimum atomic E-state index is -0.204. The van der Waals surface area contributed by atoms with Gasteiger partial charge in [0.1, 0.15) is 11.4 Å². The van der Waals surface area contributed by atoms with E-state index >= 15 is 0 Å². The molecule has 0 aliphatic heterocycles. The second-order valence-electron chi connectivity index (χ2n) is 6.56. The van der Waals surface area contributed by atoms with Crippen LogP contribution in [-0.2, 0) is 11.3 Å². The Bertz CT molecular complexity index is 1020. The van der Waals surface area contributed by atoms with Crippen molar-refractivity contribution in [3.63, 3.8) is 0 Å². The summed E-state index contributed by atoms with van der Waals surface area (Å²) in [4.78, 5) is 31.3. The molecule has 0 fully saturated rings. The summed E-state index contributed by atoms with van der Waals surface area (Å²) in [6.45, 7) is 2.45. The Balaban J connectivity index is 1.89. The van der Waals surface area contributed by atoms with Crippen molar-refractivity contribution in [2.24, 2.45) is 0 Å². The van der Waals surface area contributed by atoms with Crippen LogP contribution in [0, 0.1) is 6.92 Å². The summed E-state index contributed by atoms with van der Waals surface area (Å²) in [6, 6.07) is 17.5. The number of hydrogen-bond donors (Lipinski definition) is 2. The number of aryl methyl sites for hydroxylation is 1. The number of benzene rings is 2. The topological polar surface area (TPSA) is 83.6 Å². The maximum absolute atomic E-state index is 12.3. The molecule has 162 valence electrons. The molecule has 2 amide bonds. The van der Waals surface area contributed by atoms with Crippen LogP contribution >= 0.6 is 23.3 Å². The molecule has 9 heteroatoms. The first-order valence-corrected chi connectivity index (χ1v) is 11.6. The molecule has 3 rings (SSSR count). The zero-order valence-corrected chi connectivity index (χ0v) is 19.2. The van der Waals surface area contributed by atoms with E-state index in [2.05, 4.69) is 32.1 Å². The summed E-state index contributed by atoms with van der Waals surface area (Å²) in [5.74, 6) is 0.205. The fraction of sp³-hybridized carbons (Fsp3) is 0.227. The van der Waals surface area contributed by atoms with E-state index in [0.29, 0.717) is 18.0 Å². The van der Waals surface area contributed by atoms with Crippen molar-refractivity contribution in [3.05, 3.63) is 70.7 Å². The van der Waals surface area contributed by atoms with Gasteiger partial charge in [0.05, 0.1) is 6.54 Å². The van der Waals surface area contributed by atoms with E-state index in [4.69, 9.17) is 4.74 Å². The number of nitrogens with one attached hydrogen (secondary N) is 2. The lowest BCUT2D eigenvalue weighted by Crippen LogP contribution is -2.24. The third-order valence-electron chi connectivity index (χ3n) is 4.41. The molecule has 2 aromatic carbocycles. The maximum atomic E-state index is 12.3. The molecule has 0 saturated carbocycles. The van der Waals surface area contributed by atoms with Crippen LogP contribution in [-0.4, -0.2) is 36.7 Å². The van der Waals surface area contributed by atoms with Gasteiger partial charge in [0.2, 0.25) is 0 Å². The van der Waals surface area contributed by atoms with Crippen molar-refractivity contribution in [2.75, 3.05) is 24.8 Å². The van der Waals surface area contributed by atoms with Crippen LogP contribution in [0.5, 0.6) is 5.75 Å². The normalized spacial score (nSPS) is 10.4. The highest BCUT2D eigenvalue weighted by atomic mass is 32.2. The smallest absolute Gasteiger partial charge is 0.280 e. The number of ether oxygens (including phenoxy) is 1. The van der Waals surface area contributed by atoms with Gasteiger partial charge in [-0.2, -0.15) is 0 Å². The fourth-order valence-electron chi connectivity index (χ4n) is 2.83. The summed E-state index contributed by atoms with van der Waals surface area (Å²) in [5.41, 5.74) is 2.45. The average molecular weight is 457 g/mol. The number of amides is 2. The van der Waals surface area contributed by atoms with Gasteiger partial charge >= 0.3 is 0 Å². The van der Waals surface area contributed by atoms with Crippen LogP contribution in [0.25, 0.3) is 0 Å². The monoisotopic (exact) mass is 456 g/mol. The molecule has 0 radical (unpaired) electrons. The number of nitrogens with zero attached hydrogens (tertiary/aromatic N) is 2.